The Balaban J connectivity index is 1.66. The molecule has 3 aromatic carbocycles. The van der Waals surface area contributed by atoms with Crippen LogP contribution in [-0.4, -0.2) is 11.7 Å². The zero-order valence-corrected chi connectivity index (χ0v) is 18.9. The van der Waals surface area contributed by atoms with Crippen molar-refractivity contribution in [1.29, 1.82) is 0 Å². The molecule has 0 bridgehead atoms. The predicted octanol–water partition coefficient (Wildman–Crippen LogP) is 6.16. The highest BCUT2D eigenvalue weighted by atomic mass is 79.9. The Labute approximate surface area is 189 Å². The fourth-order valence-electron chi connectivity index (χ4n) is 3.03. The third kappa shape index (κ3) is 6.73. The van der Waals surface area contributed by atoms with Crippen molar-refractivity contribution in [1.82, 2.24) is 5.32 Å². The molecule has 0 heterocycles. The number of aliphatic hydroxyl groups excluding tert-OH is 1. The van der Waals surface area contributed by atoms with Gasteiger partial charge in [0, 0.05) is 32.2 Å². The van der Waals surface area contributed by atoms with E-state index in [1.54, 1.807) is 0 Å². The summed E-state index contributed by atoms with van der Waals surface area (Å²) in [5, 5.41) is 14.7. The van der Waals surface area contributed by atoms with Crippen molar-refractivity contribution in [2.75, 3.05) is 6.54 Å². The first kappa shape index (κ1) is 22.1. The molecule has 152 valence electrons. The maximum atomic E-state index is 9.80. The van der Waals surface area contributed by atoms with E-state index in [0.717, 1.165) is 39.2 Å². The molecule has 3 rings (SSSR count). The van der Waals surface area contributed by atoms with E-state index < -0.39 is 0 Å². The van der Waals surface area contributed by atoms with Crippen LogP contribution in [0.15, 0.2) is 65.1 Å². The SMILES string of the molecule is OCc1cc(Br)cc(CNCCc2cccc(Cl)c2)c1OCc1ccc(Cl)cc1. The molecule has 0 amide bonds. The normalized spacial score (nSPS) is 10.9. The average Bonchev–Trinajstić information content (AvgIpc) is 2.71. The number of hydrogen-bond donors (Lipinski definition) is 2. The lowest BCUT2D eigenvalue weighted by Crippen LogP contribution is -2.18. The molecule has 0 unspecified atom stereocenters. The molecule has 0 aliphatic heterocycles. The second kappa shape index (κ2) is 11.0. The minimum Gasteiger partial charge on any atom is -0.488 e. The van der Waals surface area contributed by atoms with Crippen molar-refractivity contribution < 1.29 is 9.84 Å². The number of rotatable bonds is 9. The number of hydrogen-bond acceptors (Lipinski definition) is 3. The molecule has 3 aromatic rings. The summed E-state index contributed by atoms with van der Waals surface area (Å²) in [6.45, 7) is 1.74. The van der Waals surface area contributed by atoms with Crippen molar-refractivity contribution in [3.63, 3.8) is 0 Å². The molecular weight excluding hydrogens is 473 g/mol. The quantitative estimate of drug-likeness (QED) is 0.350. The Hall–Kier alpha value is -1.56. The topological polar surface area (TPSA) is 41.5 Å². The van der Waals surface area contributed by atoms with Gasteiger partial charge in [-0.05, 0) is 60.5 Å². The summed E-state index contributed by atoms with van der Waals surface area (Å²) in [6.07, 6.45) is 0.877. The first-order chi connectivity index (χ1) is 14.0. The number of ether oxygens (including phenoxy) is 1. The lowest BCUT2D eigenvalue weighted by atomic mass is 10.1. The van der Waals surface area contributed by atoms with Gasteiger partial charge in [-0.15, -0.1) is 0 Å². The highest BCUT2D eigenvalue weighted by Gasteiger charge is 2.12. The van der Waals surface area contributed by atoms with Crippen LogP contribution in [0.25, 0.3) is 0 Å². The third-order valence-electron chi connectivity index (χ3n) is 4.47. The molecule has 0 spiro atoms. The molecule has 0 aliphatic rings. The molecule has 6 heteroatoms. The minimum absolute atomic E-state index is 0.0924. The molecule has 0 saturated carbocycles. The van der Waals surface area contributed by atoms with Gasteiger partial charge in [-0.1, -0.05) is 63.4 Å². The van der Waals surface area contributed by atoms with Gasteiger partial charge in [0.1, 0.15) is 12.4 Å². The second-order valence-corrected chi connectivity index (χ2v) is 8.47. The van der Waals surface area contributed by atoms with Gasteiger partial charge in [-0.2, -0.15) is 0 Å². The molecule has 0 radical (unpaired) electrons. The summed E-state index contributed by atoms with van der Waals surface area (Å²) in [6, 6.07) is 19.3. The monoisotopic (exact) mass is 493 g/mol. The Morgan fingerprint density at radius 2 is 1.66 bits per heavy atom. The number of benzene rings is 3. The van der Waals surface area contributed by atoms with Crippen LogP contribution in [0.3, 0.4) is 0 Å². The maximum Gasteiger partial charge on any atom is 0.129 e. The summed E-state index contributed by atoms with van der Waals surface area (Å²) < 4.78 is 7.00. The zero-order valence-electron chi connectivity index (χ0n) is 15.8. The molecule has 0 atom stereocenters. The summed E-state index contributed by atoms with van der Waals surface area (Å²) in [4.78, 5) is 0. The standard InChI is InChI=1S/C23H22BrCl2NO2/c24-20-11-18(13-27-9-8-16-2-1-3-22(26)10-16)23(19(12-20)14-28)29-15-17-4-6-21(25)7-5-17/h1-7,10-12,27-28H,8-9,13-15H2. The molecule has 0 fully saturated rings. The van der Waals surface area contributed by atoms with E-state index in [1.165, 1.54) is 5.56 Å². The number of halogens is 3. The van der Waals surface area contributed by atoms with E-state index in [0.29, 0.717) is 23.9 Å². The van der Waals surface area contributed by atoms with Crippen molar-refractivity contribution in [2.45, 2.75) is 26.2 Å². The first-order valence-corrected chi connectivity index (χ1v) is 10.8. The van der Waals surface area contributed by atoms with Crippen molar-refractivity contribution >= 4 is 39.1 Å². The lowest BCUT2D eigenvalue weighted by Gasteiger charge is -2.17. The van der Waals surface area contributed by atoms with Crippen molar-refractivity contribution in [3.05, 3.63) is 97.4 Å². The molecule has 0 aromatic heterocycles. The van der Waals surface area contributed by atoms with Crippen LogP contribution in [0.5, 0.6) is 5.75 Å². The Morgan fingerprint density at radius 1 is 0.897 bits per heavy atom. The summed E-state index contributed by atoms with van der Waals surface area (Å²) in [5.41, 5.74) is 3.94. The van der Waals surface area contributed by atoms with E-state index in [-0.39, 0.29) is 6.61 Å². The van der Waals surface area contributed by atoms with Gasteiger partial charge in [-0.3, -0.25) is 0 Å². The van der Waals surface area contributed by atoms with Gasteiger partial charge in [0.25, 0.3) is 0 Å². The van der Waals surface area contributed by atoms with E-state index in [1.807, 2.05) is 54.6 Å². The van der Waals surface area contributed by atoms with Gasteiger partial charge in [0.15, 0.2) is 0 Å². The largest absolute Gasteiger partial charge is 0.488 e. The van der Waals surface area contributed by atoms with Crippen LogP contribution < -0.4 is 10.1 Å². The van der Waals surface area contributed by atoms with Gasteiger partial charge < -0.3 is 15.2 Å². The highest BCUT2D eigenvalue weighted by molar-refractivity contribution is 9.10. The summed E-state index contributed by atoms with van der Waals surface area (Å²) >= 11 is 15.5. The maximum absolute atomic E-state index is 9.80. The van der Waals surface area contributed by atoms with E-state index in [4.69, 9.17) is 27.9 Å². The smallest absolute Gasteiger partial charge is 0.129 e. The second-order valence-electron chi connectivity index (χ2n) is 6.68. The lowest BCUT2D eigenvalue weighted by molar-refractivity contribution is 0.257. The van der Waals surface area contributed by atoms with Crippen LogP contribution in [0.4, 0.5) is 0 Å². The fourth-order valence-corrected chi connectivity index (χ4v) is 3.92. The predicted molar refractivity (Wildman–Crippen MR) is 123 cm³/mol. The minimum atomic E-state index is -0.0924. The van der Waals surface area contributed by atoms with Crippen LogP contribution in [0.2, 0.25) is 10.0 Å². The molecule has 3 nitrogen and oxygen atoms in total. The molecule has 0 saturated heterocycles. The van der Waals surface area contributed by atoms with E-state index in [9.17, 15) is 5.11 Å². The van der Waals surface area contributed by atoms with Crippen LogP contribution in [-0.2, 0) is 26.2 Å². The van der Waals surface area contributed by atoms with Crippen molar-refractivity contribution in [3.8, 4) is 5.75 Å². The molecule has 0 aliphatic carbocycles. The Kier molecular flexibility index (Phi) is 8.40. The molecule has 2 N–H and O–H groups in total. The molecule has 29 heavy (non-hydrogen) atoms. The van der Waals surface area contributed by atoms with Gasteiger partial charge >= 0.3 is 0 Å². The van der Waals surface area contributed by atoms with Gasteiger partial charge in [0.2, 0.25) is 0 Å². The van der Waals surface area contributed by atoms with Crippen LogP contribution >= 0.6 is 39.1 Å². The summed E-state index contributed by atoms with van der Waals surface area (Å²) in [7, 11) is 0. The van der Waals surface area contributed by atoms with Gasteiger partial charge in [-0.25, -0.2) is 0 Å². The molecular formula is C23H22BrCl2NO2. The summed E-state index contributed by atoms with van der Waals surface area (Å²) in [5.74, 6) is 0.709. The Bertz CT molecular complexity index is 948. The average molecular weight is 495 g/mol. The third-order valence-corrected chi connectivity index (χ3v) is 5.41. The van der Waals surface area contributed by atoms with Crippen LogP contribution in [0, 0.1) is 0 Å². The zero-order chi connectivity index (χ0) is 20.6. The Morgan fingerprint density at radius 3 is 2.38 bits per heavy atom. The number of nitrogens with one attached hydrogen (secondary N) is 1. The van der Waals surface area contributed by atoms with E-state index >= 15 is 0 Å². The van der Waals surface area contributed by atoms with E-state index in [2.05, 4.69) is 27.3 Å². The first-order valence-electron chi connectivity index (χ1n) is 9.29. The number of aliphatic hydroxyl groups is 1. The fraction of sp³-hybridized carbons (Fsp3) is 0.217. The van der Waals surface area contributed by atoms with Crippen LogP contribution in [0.1, 0.15) is 22.3 Å². The van der Waals surface area contributed by atoms with Crippen molar-refractivity contribution in [2.24, 2.45) is 0 Å². The highest BCUT2D eigenvalue weighted by Crippen LogP contribution is 2.30. The van der Waals surface area contributed by atoms with Gasteiger partial charge in [0.05, 0.1) is 6.61 Å².